The van der Waals surface area contributed by atoms with Gasteiger partial charge in [-0.2, -0.15) is 4.98 Å². The van der Waals surface area contributed by atoms with E-state index >= 15 is 0 Å². The molecule has 0 saturated heterocycles. The summed E-state index contributed by atoms with van der Waals surface area (Å²) in [6.45, 7) is 0.500. The number of aliphatic hydroxyl groups is 1. The Morgan fingerprint density at radius 2 is 2.44 bits per heavy atom. The fourth-order valence-corrected chi connectivity index (χ4v) is 1.38. The van der Waals surface area contributed by atoms with Gasteiger partial charge in [0.25, 0.3) is 0 Å². The molecule has 1 aromatic heterocycles. The van der Waals surface area contributed by atoms with E-state index in [0.717, 1.165) is 0 Å². The van der Waals surface area contributed by atoms with Gasteiger partial charge in [0.15, 0.2) is 5.82 Å². The highest BCUT2D eigenvalue weighted by molar-refractivity contribution is 6.32. The highest BCUT2D eigenvalue weighted by atomic mass is 35.5. The Bertz CT molecular complexity index is 331. The lowest BCUT2D eigenvalue weighted by Crippen LogP contribution is -2.27. The van der Waals surface area contributed by atoms with Crippen LogP contribution in [0.5, 0.6) is 0 Å². The molecule has 0 saturated carbocycles. The van der Waals surface area contributed by atoms with Gasteiger partial charge in [-0.3, -0.25) is 0 Å². The molecule has 16 heavy (non-hydrogen) atoms. The SMILES string of the molecule is COCC(CCO)Nc1nc(N)ncc1Cl. The van der Waals surface area contributed by atoms with E-state index in [9.17, 15) is 0 Å². The molecule has 0 amide bonds. The second-order valence-corrected chi connectivity index (χ2v) is 3.64. The standard InChI is InChI=1S/C9H15ClN4O2/c1-16-5-6(2-3-15)13-8-7(10)4-12-9(11)14-8/h4,6,15H,2-3,5H2,1H3,(H3,11,12,13,14). The maximum absolute atomic E-state index is 8.88. The molecule has 0 aromatic carbocycles. The number of ether oxygens (including phenoxy) is 1. The fraction of sp³-hybridized carbons (Fsp3) is 0.556. The van der Waals surface area contributed by atoms with Crippen molar-refractivity contribution in [3.8, 4) is 0 Å². The number of rotatable bonds is 6. The number of aromatic nitrogens is 2. The summed E-state index contributed by atoms with van der Waals surface area (Å²) in [5.74, 6) is 0.594. The van der Waals surface area contributed by atoms with Crippen LogP contribution in [0.2, 0.25) is 5.02 Å². The molecule has 0 aliphatic heterocycles. The minimum absolute atomic E-state index is 0.0548. The number of anilines is 2. The molecule has 1 heterocycles. The first-order chi connectivity index (χ1) is 7.67. The van der Waals surface area contributed by atoms with Crippen molar-refractivity contribution in [3.63, 3.8) is 0 Å². The average molecular weight is 247 g/mol. The summed E-state index contributed by atoms with van der Waals surface area (Å²) in [7, 11) is 1.59. The second-order valence-electron chi connectivity index (χ2n) is 3.23. The number of methoxy groups -OCH3 is 1. The zero-order valence-electron chi connectivity index (χ0n) is 8.98. The molecular weight excluding hydrogens is 232 g/mol. The molecule has 7 heteroatoms. The number of hydrogen-bond donors (Lipinski definition) is 3. The Labute approximate surface area is 98.8 Å². The Kier molecular flexibility index (Phi) is 5.24. The molecule has 0 radical (unpaired) electrons. The van der Waals surface area contributed by atoms with E-state index in [4.69, 9.17) is 27.2 Å². The number of nitrogens with two attached hydrogens (primary N) is 1. The van der Waals surface area contributed by atoms with E-state index in [0.29, 0.717) is 23.9 Å². The molecule has 1 aromatic rings. The summed E-state index contributed by atoms with van der Waals surface area (Å²) in [6, 6.07) is -0.0678. The van der Waals surface area contributed by atoms with Crippen LogP contribution in [0.4, 0.5) is 11.8 Å². The molecule has 1 rings (SSSR count). The summed E-state index contributed by atoms with van der Waals surface area (Å²) in [5, 5.41) is 12.3. The third kappa shape index (κ3) is 3.80. The number of nitrogen functional groups attached to an aromatic ring is 1. The Balaban J connectivity index is 2.71. The second kappa shape index (κ2) is 6.47. The first-order valence-corrected chi connectivity index (χ1v) is 5.19. The predicted octanol–water partition coefficient (Wildman–Crippen LogP) is 0.522. The predicted molar refractivity (Wildman–Crippen MR) is 62.4 cm³/mol. The van der Waals surface area contributed by atoms with Crippen LogP contribution in [0.25, 0.3) is 0 Å². The van der Waals surface area contributed by atoms with Crippen LogP contribution >= 0.6 is 11.6 Å². The van der Waals surface area contributed by atoms with E-state index in [1.165, 1.54) is 6.20 Å². The molecule has 1 atom stereocenters. The van der Waals surface area contributed by atoms with Crippen LogP contribution in [0, 0.1) is 0 Å². The Morgan fingerprint density at radius 3 is 3.06 bits per heavy atom. The molecule has 90 valence electrons. The lowest BCUT2D eigenvalue weighted by molar-refractivity contribution is 0.170. The first-order valence-electron chi connectivity index (χ1n) is 4.81. The third-order valence-electron chi connectivity index (χ3n) is 1.95. The molecule has 0 aliphatic carbocycles. The topological polar surface area (TPSA) is 93.3 Å². The minimum Gasteiger partial charge on any atom is -0.396 e. The maximum atomic E-state index is 8.88. The van der Waals surface area contributed by atoms with Crippen molar-refractivity contribution >= 4 is 23.4 Å². The minimum atomic E-state index is -0.0678. The highest BCUT2D eigenvalue weighted by Gasteiger charge is 2.11. The van der Waals surface area contributed by atoms with Gasteiger partial charge >= 0.3 is 0 Å². The molecule has 0 spiro atoms. The van der Waals surface area contributed by atoms with Crippen LogP contribution in [0.15, 0.2) is 6.20 Å². The summed E-state index contributed by atoms with van der Waals surface area (Å²) >= 11 is 5.89. The van der Waals surface area contributed by atoms with Crippen LogP contribution in [0.3, 0.4) is 0 Å². The Hall–Kier alpha value is -1.11. The average Bonchev–Trinajstić information content (AvgIpc) is 2.24. The summed E-state index contributed by atoms with van der Waals surface area (Å²) < 4.78 is 5.01. The van der Waals surface area contributed by atoms with Crippen LogP contribution in [-0.4, -0.2) is 41.4 Å². The molecule has 6 nitrogen and oxygen atoms in total. The van der Waals surface area contributed by atoms with Gasteiger partial charge in [0, 0.05) is 13.7 Å². The molecule has 0 aliphatic rings. The van der Waals surface area contributed by atoms with Crippen molar-refractivity contribution in [2.75, 3.05) is 31.4 Å². The van der Waals surface area contributed by atoms with Gasteiger partial charge in [-0.05, 0) is 6.42 Å². The van der Waals surface area contributed by atoms with Crippen molar-refractivity contribution in [1.82, 2.24) is 9.97 Å². The number of nitrogens with one attached hydrogen (secondary N) is 1. The summed E-state index contributed by atoms with van der Waals surface area (Å²) in [5.41, 5.74) is 5.45. The number of nitrogens with zero attached hydrogens (tertiary/aromatic N) is 2. The van der Waals surface area contributed by atoms with Crippen molar-refractivity contribution in [2.24, 2.45) is 0 Å². The summed E-state index contributed by atoms with van der Waals surface area (Å²) in [4.78, 5) is 7.72. The van der Waals surface area contributed by atoms with E-state index < -0.39 is 0 Å². The first kappa shape index (κ1) is 13.0. The number of halogens is 1. The smallest absolute Gasteiger partial charge is 0.222 e. The highest BCUT2D eigenvalue weighted by Crippen LogP contribution is 2.19. The van der Waals surface area contributed by atoms with E-state index in [2.05, 4.69) is 15.3 Å². The van der Waals surface area contributed by atoms with E-state index in [-0.39, 0.29) is 18.6 Å². The van der Waals surface area contributed by atoms with Crippen LogP contribution < -0.4 is 11.1 Å². The largest absolute Gasteiger partial charge is 0.396 e. The summed E-state index contributed by atoms with van der Waals surface area (Å²) in [6.07, 6.45) is 1.96. The van der Waals surface area contributed by atoms with Gasteiger partial charge in [0.2, 0.25) is 5.95 Å². The van der Waals surface area contributed by atoms with Gasteiger partial charge in [-0.15, -0.1) is 0 Å². The van der Waals surface area contributed by atoms with Gasteiger partial charge in [-0.25, -0.2) is 4.98 Å². The van der Waals surface area contributed by atoms with Crippen molar-refractivity contribution in [3.05, 3.63) is 11.2 Å². The lowest BCUT2D eigenvalue weighted by Gasteiger charge is -2.18. The zero-order chi connectivity index (χ0) is 12.0. The third-order valence-corrected chi connectivity index (χ3v) is 2.23. The fourth-order valence-electron chi connectivity index (χ4n) is 1.23. The van der Waals surface area contributed by atoms with Crippen LogP contribution in [0.1, 0.15) is 6.42 Å². The van der Waals surface area contributed by atoms with Crippen LogP contribution in [-0.2, 0) is 4.74 Å². The zero-order valence-corrected chi connectivity index (χ0v) is 9.74. The van der Waals surface area contributed by atoms with Crippen molar-refractivity contribution < 1.29 is 9.84 Å². The normalized spacial score (nSPS) is 12.4. The number of aliphatic hydroxyl groups excluding tert-OH is 1. The van der Waals surface area contributed by atoms with E-state index in [1.54, 1.807) is 7.11 Å². The monoisotopic (exact) mass is 246 g/mol. The molecular formula is C9H15ClN4O2. The van der Waals surface area contributed by atoms with E-state index in [1.807, 2.05) is 0 Å². The molecule has 0 bridgehead atoms. The lowest BCUT2D eigenvalue weighted by atomic mass is 10.2. The van der Waals surface area contributed by atoms with Gasteiger partial charge in [-0.1, -0.05) is 11.6 Å². The van der Waals surface area contributed by atoms with Gasteiger partial charge in [0.05, 0.1) is 18.8 Å². The van der Waals surface area contributed by atoms with Crippen molar-refractivity contribution in [2.45, 2.75) is 12.5 Å². The quantitative estimate of drug-likeness (QED) is 0.678. The van der Waals surface area contributed by atoms with Crippen molar-refractivity contribution in [1.29, 1.82) is 0 Å². The maximum Gasteiger partial charge on any atom is 0.222 e. The molecule has 4 N–H and O–H groups in total. The number of hydrogen-bond acceptors (Lipinski definition) is 6. The van der Waals surface area contributed by atoms with Gasteiger partial charge < -0.3 is 20.9 Å². The Morgan fingerprint density at radius 1 is 1.69 bits per heavy atom. The molecule has 1 unspecified atom stereocenters. The molecule has 0 fully saturated rings. The van der Waals surface area contributed by atoms with Gasteiger partial charge in [0.1, 0.15) is 5.02 Å².